The van der Waals surface area contributed by atoms with Crippen molar-refractivity contribution in [2.75, 3.05) is 17.7 Å². The Morgan fingerprint density at radius 3 is 2.88 bits per heavy atom. The van der Waals surface area contributed by atoms with E-state index in [-0.39, 0.29) is 12.5 Å². The highest BCUT2D eigenvalue weighted by molar-refractivity contribution is 7.98. The van der Waals surface area contributed by atoms with E-state index < -0.39 is 5.97 Å². The number of carboxylic acid groups (broad SMARTS) is 1. The van der Waals surface area contributed by atoms with Gasteiger partial charge in [-0.3, -0.25) is 4.79 Å². The van der Waals surface area contributed by atoms with Gasteiger partial charge in [0.25, 0.3) is 0 Å². The second-order valence-corrected chi connectivity index (χ2v) is 6.84. The SMILES string of the molecule is CSc1ncccc1COc1ccc(N2CCC[C@H]2CC(=O)O)cc1. The van der Waals surface area contributed by atoms with Crippen LogP contribution in [-0.4, -0.2) is 34.9 Å². The molecule has 1 aromatic heterocycles. The van der Waals surface area contributed by atoms with E-state index in [1.807, 2.05) is 42.7 Å². The Kier molecular flexibility index (Phi) is 5.81. The number of carbonyl (C=O) groups is 1. The number of thioether (sulfide) groups is 1. The summed E-state index contributed by atoms with van der Waals surface area (Å²) in [4.78, 5) is 17.5. The van der Waals surface area contributed by atoms with E-state index in [0.717, 1.165) is 41.4 Å². The topological polar surface area (TPSA) is 62.7 Å². The molecule has 2 aromatic rings. The molecule has 0 radical (unpaired) electrons. The molecular weight excluding hydrogens is 336 g/mol. The van der Waals surface area contributed by atoms with Gasteiger partial charge in [0, 0.05) is 30.0 Å². The average Bonchev–Trinajstić information content (AvgIpc) is 3.08. The van der Waals surface area contributed by atoms with Gasteiger partial charge in [-0.1, -0.05) is 6.07 Å². The van der Waals surface area contributed by atoms with Gasteiger partial charge in [0.1, 0.15) is 17.4 Å². The zero-order valence-corrected chi connectivity index (χ0v) is 15.0. The first kappa shape index (κ1) is 17.6. The number of aliphatic carboxylic acids is 1. The second-order valence-electron chi connectivity index (χ2n) is 6.04. The molecule has 3 rings (SSSR count). The Morgan fingerprint density at radius 1 is 1.36 bits per heavy atom. The summed E-state index contributed by atoms with van der Waals surface area (Å²) in [5.41, 5.74) is 2.13. The van der Waals surface area contributed by atoms with Crippen LogP contribution in [0, 0.1) is 0 Å². The van der Waals surface area contributed by atoms with Gasteiger partial charge < -0.3 is 14.7 Å². The maximum atomic E-state index is 11.0. The fourth-order valence-electron chi connectivity index (χ4n) is 3.20. The number of aromatic nitrogens is 1. The van der Waals surface area contributed by atoms with Crippen LogP contribution in [0.4, 0.5) is 5.69 Å². The van der Waals surface area contributed by atoms with Crippen LogP contribution < -0.4 is 9.64 Å². The van der Waals surface area contributed by atoms with Crippen molar-refractivity contribution >= 4 is 23.4 Å². The molecular formula is C19H22N2O3S. The third kappa shape index (κ3) is 4.45. The first-order valence-electron chi connectivity index (χ1n) is 8.36. The smallest absolute Gasteiger partial charge is 0.305 e. The number of ether oxygens (including phenoxy) is 1. The fraction of sp³-hybridized carbons (Fsp3) is 0.368. The Bertz CT molecular complexity index is 721. The van der Waals surface area contributed by atoms with E-state index in [4.69, 9.17) is 9.84 Å². The number of nitrogens with zero attached hydrogens (tertiary/aromatic N) is 2. The molecule has 0 spiro atoms. The Morgan fingerprint density at radius 2 is 2.16 bits per heavy atom. The van der Waals surface area contributed by atoms with Gasteiger partial charge in [-0.2, -0.15) is 0 Å². The van der Waals surface area contributed by atoms with Crippen molar-refractivity contribution in [2.45, 2.75) is 36.9 Å². The fourth-order valence-corrected chi connectivity index (χ4v) is 3.76. The molecule has 0 amide bonds. The highest BCUT2D eigenvalue weighted by Gasteiger charge is 2.26. The summed E-state index contributed by atoms with van der Waals surface area (Å²) in [6, 6.07) is 11.9. The Hall–Kier alpha value is -2.21. The Balaban J connectivity index is 1.63. The second kappa shape index (κ2) is 8.25. The zero-order valence-electron chi connectivity index (χ0n) is 14.2. The lowest BCUT2D eigenvalue weighted by Gasteiger charge is -2.25. The minimum Gasteiger partial charge on any atom is -0.489 e. The molecule has 1 aromatic carbocycles. The van der Waals surface area contributed by atoms with Gasteiger partial charge in [0.15, 0.2) is 0 Å². The van der Waals surface area contributed by atoms with Crippen LogP contribution in [0.1, 0.15) is 24.8 Å². The third-order valence-corrected chi connectivity index (χ3v) is 5.15. The molecule has 0 saturated carbocycles. The summed E-state index contributed by atoms with van der Waals surface area (Å²) in [5.74, 6) is 0.0616. The molecule has 1 aliphatic rings. The lowest BCUT2D eigenvalue weighted by molar-refractivity contribution is -0.137. The van der Waals surface area contributed by atoms with E-state index in [1.165, 1.54) is 0 Å². The van der Waals surface area contributed by atoms with Crippen molar-refractivity contribution in [3.05, 3.63) is 48.2 Å². The highest BCUT2D eigenvalue weighted by atomic mass is 32.2. The van der Waals surface area contributed by atoms with E-state index in [9.17, 15) is 4.79 Å². The molecule has 1 N–H and O–H groups in total. The average molecular weight is 358 g/mol. The first-order valence-corrected chi connectivity index (χ1v) is 9.59. The van der Waals surface area contributed by atoms with E-state index in [2.05, 4.69) is 9.88 Å². The van der Waals surface area contributed by atoms with Crippen LogP contribution in [0.15, 0.2) is 47.6 Å². The van der Waals surface area contributed by atoms with E-state index >= 15 is 0 Å². The number of pyridine rings is 1. The number of rotatable bonds is 7. The Labute approximate surface area is 152 Å². The lowest BCUT2D eigenvalue weighted by Crippen LogP contribution is -2.31. The zero-order chi connectivity index (χ0) is 17.6. The predicted molar refractivity (Wildman–Crippen MR) is 99.4 cm³/mol. The summed E-state index contributed by atoms with van der Waals surface area (Å²) in [7, 11) is 0. The molecule has 0 aliphatic carbocycles. The molecule has 132 valence electrons. The molecule has 0 bridgehead atoms. The van der Waals surface area contributed by atoms with Gasteiger partial charge in [-0.15, -0.1) is 11.8 Å². The first-order chi connectivity index (χ1) is 12.2. The molecule has 5 nitrogen and oxygen atoms in total. The molecule has 1 aliphatic heterocycles. The van der Waals surface area contributed by atoms with Crippen LogP contribution in [-0.2, 0) is 11.4 Å². The van der Waals surface area contributed by atoms with Gasteiger partial charge in [0.2, 0.25) is 0 Å². The van der Waals surface area contributed by atoms with Crippen molar-refractivity contribution < 1.29 is 14.6 Å². The van der Waals surface area contributed by atoms with Crippen molar-refractivity contribution in [3.8, 4) is 5.75 Å². The molecule has 25 heavy (non-hydrogen) atoms. The lowest BCUT2D eigenvalue weighted by atomic mass is 10.1. The van der Waals surface area contributed by atoms with Crippen molar-refractivity contribution in [3.63, 3.8) is 0 Å². The number of hydrogen-bond donors (Lipinski definition) is 1. The van der Waals surface area contributed by atoms with Gasteiger partial charge in [-0.05, 0) is 49.4 Å². The van der Waals surface area contributed by atoms with Gasteiger partial charge in [0.05, 0.1) is 6.42 Å². The van der Waals surface area contributed by atoms with E-state index in [0.29, 0.717) is 6.61 Å². The molecule has 1 saturated heterocycles. The van der Waals surface area contributed by atoms with Crippen LogP contribution in [0.2, 0.25) is 0 Å². The minimum absolute atomic E-state index is 0.0869. The monoisotopic (exact) mass is 358 g/mol. The molecule has 6 heteroatoms. The van der Waals surface area contributed by atoms with Gasteiger partial charge >= 0.3 is 5.97 Å². The van der Waals surface area contributed by atoms with Crippen LogP contribution in [0.25, 0.3) is 0 Å². The largest absolute Gasteiger partial charge is 0.489 e. The van der Waals surface area contributed by atoms with Crippen molar-refractivity contribution in [1.82, 2.24) is 4.98 Å². The standard InChI is InChI=1S/C19H22N2O3S/c1-25-19-14(4-2-10-20-19)13-24-17-8-6-15(7-9-17)21-11-3-5-16(21)12-18(22)23/h2,4,6-10,16H,3,5,11-13H2,1H3,(H,22,23)/t16-/m0/s1. The number of hydrogen-bond acceptors (Lipinski definition) is 5. The van der Waals surface area contributed by atoms with Crippen LogP contribution >= 0.6 is 11.8 Å². The quantitative estimate of drug-likeness (QED) is 0.759. The molecule has 2 heterocycles. The maximum Gasteiger partial charge on any atom is 0.305 e. The maximum absolute atomic E-state index is 11.0. The van der Waals surface area contributed by atoms with Crippen LogP contribution in [0.5, 0.6) is 5.75 Å². The number of benzene rings is 1. The number of carboxylic acids is 1. The summed E-state index contributed by atoms with van der Waals surface area (Å²) >= 11 is 1.61. The van der Waals surface area contributed by atoms with Gasteiger partial charge in [-0.25, -0.2) is 4.98 Å². The summed E-state index contributed by atoms with van der Waals surface area (Å²) in [6.07, 6.45) is 5.95. The number of anilines is 1. The van der Waals surface area contributed by atoms with Crippen molar-refractivity contribution in [2.24, 2.45) is 0 Å². The summed E-state index contributed by atoms with van der Waals surface area (Å²) in [6.45, 7) is 1.39. The molecule has 1 fully saturated rings. The van der Waals surface area contributed by atoms with Crippen molar-refractivity contribution in [1.29, 1.82) is 0 Å². The minimum atomic E-state index is -0.738. The summed E-state index contributed by atoms with van der Waals surface area (Å²) in [5, 5.41) is 10.0. The summed E-state index contributed by atoms with van der Waals surface area (Å²) < 4.78 is 5.88. The third-order valence-electron chi connectivity index (χ3n) is 4.39. The molecule has 1 atom stereocenters. The predicted octanol–water partition coefficient (Wildman–Crippen LogP) is 3.83. The normalized spacial score (nSPS) is 16.8. The molecule has 0 unspecified atom stereocenters. The highest BCUT2D eigenvalue weighted by Crippen LogP contribution is 2.29. The van der Waals surface area contributed by atoms with Crippen LogP contribution in [0.3, 0.4) is 0 Å². The van der Waals surface area contributed by atoms with E-state index in [1.54, 1.807) is 18.0 Å².